The first kappa shape index (κ1) is 22.1. The Hall–Kier alpha value is -3.22. The Morgan fingerprint density at radius 1 is 0.966 bits per heavy atom. The number of ether oxygens (including phenoxy) is 3. The fourth-order valence-electron chi connectivity index (χ4n) is 2.61. The van der Waals surface area contributed by atoms with Gasteiger partial charge in [0.1, 0.15) is 0 Å². The van der Waals surface area contributed by atoms with Crippen LogP contribution in [-0.4, -0.2) is 46.0 Å². The molecule has 2 rings (SSSR count). The highest BCUT2D eigenvalue weighted by Crippen LogP contribution is 2.39. The largest absolute Gasteiger partial charge is 0.490 e. The summed E-state index contributed by atoms with van der Waals surface area (Å²) in [6.45, 7) is 6.97. The number of nitrogens with zero attached hydrogens (tertiary/aromatic N) is 2. The first-order chi connectivity index (χ1) is 14.0. The van der Waals surface area contributed by atoms with E-state index in [4.69, 9.17) is 14.2 Å². The molecule has 1 N–H and O–H groups in total. The first-order valence-corrected chi connectivity index (χ1v) is 9.67. The molecule has 0 bridgehead atoms. The van der Waals surface area contributed by atoms with Gasteiger partial charge in [-0.25, -0.2) is 5.43 Å². The lowest BCUT2D eigenvalue weighted by Crippen LogP contribution is -2.18. The fourth-order valence-corrected chi connectivity index (χ4v) is 2.61. The summed E-state index contributed by atoms with van der Waals surface area (Å²) in [4.78, 5) is 14.6. The molecule has 0 radical (unpaired) electrons. The number of amides is 1. The van der Waals surface area contributed by atoms with Gasteiger partial charge in [-0.2, -0.15) is 5.10 Å². The van der Waals surface area contributed by atoms with E-state index in [1.165, 1.54) is 0 Å². The van der Waals surface area contributed by atoms with Crippen molar-refractivity contribution in [1.29, 1.82) is 0 Å². The summed E-state index contributed by atoms with van der Waals surface area (Å²) < 4.78 is 16.9. The van der Waals surface area contributed by atoms with E-state index in [2.05, 4.69) is 10.5 Å². The minimum atomic E-state index is -0.365. The minimum absolute atomic E-state index is 0.365. The van der Waals surface area contributed by atoms with Crippen molar-refractivity contribution in [3.63, 3.8) is 0 Å². The van der Waals surface area contributed by atoms with Crippen molar-refractivity contribution >= 4 is 17.8 Å². The molecule has 0 aliphatic rings. The molecule has 1 amide bonds. The van der Waals surface area contributed by atoms with E-state index in [0.717, 1.165) is 11.3 Å². The summed E-state index contributed by atoms with van der Waals surface area (Å²) in [5.41, 5.74) is 4.89. The molecule has 29 heavy (non-hydrogen) atoms. The molecule has 0 atom stereocenters. The minimum Gasteiger partial charge on any atom is -0.490 e. The van der Waals surface area contributed by atoms with Gasteiger partial charge in [0.15, 0.2) is 11.5 Å². The maximum atomic E-state index is 12.6. The second-order valence-corrected chi connectivity index (χ2v) is 6.29. The number of benzene rings is 2. The maximum absolute atomic E-state index is 12.6. The van der Waals surface area contributed by atoms with Gasteiger partial charge in [0, 0.05) is 25.3 Å². The van der Waals surface area contributed by atoms with Crippen LogP contribution in [0.15, 0.2) is 41.5 Å². The van der Waals surface area contributed by atoms with E-state index >= 15 is 0 Å². The van der Waals surface area contributed by atoms with E-state index in [1.54, 1.807) is 18.3 Å². The molecule has 2 aromatic rings. The van der Waals surface area contributed by atoms with Crippen molar-refractivity contribution in [1.82, 2.24) is 5.43 Å². The van der Waals surface area contributed by atoms with Crippen LogP contribution in [0.1, 0.15) is 36.7 Å². The molecule has 7 heteroatoms. The van der Waals surface area contributed by atoms with Crippen molar-refractivity contribution in [2.24, 2.45) is 5.10 Å². The zero-order valence-corrected chi connectivity index (χ0v) is 17.7. The summed E-state index contributed by atoms with van der Waals surface area (Å²) >= 11 is 0. The average molecular weight is 399 g/mol. The van der Waals surface area contributed by atoms with E-state index < -0.39 is 0 Å². The molecule has 0 heterocycles. The third kappa shape index (κ3) is 6.14. The van der Waals surface area contributed by atoms with E-state index in [9.17, 15) is 4.79 Å². The highest BCUT2D eigenvalue weighted by Gasteiger charge is 2.18. The Bertz CT molecular complexity index is 805. The highest BCUT2D eigenvalue weighted by atomic mass is 16.5. The van der Waals surface area contributed by atoms with Crippen LogP contribution in [0.3, 0.4) is 0 Å². The first-order valence-electron chi connectivity index (χ1n) is 9.67. The Labute approximate surface area is 172 Å². The lowest BCUT2D eigenvalue weighted by atomic mass is 10.1. The van der Waals surface area contributed by atoms with Gasteiger partial charge in [-0.1, -0.05) is 12.1 Å². The zero-order valence-electron chi connectivity index (χ0n) is 17.7. The topological polar surface area (TPSA) is 72.4 Å². The van der Waals surface area contributed by atoms with Crippen molar-refractivity contribution in [2.75, 3.05) is 38.8 Å². The number of hydrogen-bond acceptors (Lipinski definition) is 6. The molecule has 0 aliphatic heterocycles. The summed E-state index contributed by atoms with van der Waals surface area (Å²) in [6, 6.07) is 11.1. The number of anilines is 1. The normalized spacial score (nSPS) is 10.7. The van der Waals surface area contributed by atoms with Gasteiger partial charge in [-0.15, -0.1) is 0 Å². The summed E-state index contributed by atoms with van der Waals surface area (Å²) in [5, 5.41) is 4.05. The molecule has 2 aromatic carbocycles. The predicted octanol–water partition coefficient (Wildman–Crippen LogP) is 3.71. The molecular formula is C22H29N3O4. The molecule has 0 unspecified atom stereocenters. The molecule has 156 valence electrons. The zero-order chi connectivity index (χ0) is 21.2. The van der Waals surface area contributed by atoms with Gasteiger partial charge in [-0.3, -0.25) is 4.79 Å². The van der Waals surface area contributed by atoms with Crippen LogP contribution >= 0.6 is 0 Å². The SMILES string of the molecule is CCOc1cc(C(=O)N/N=C\c2ccc(N(C)C)cc2)cc(OCC)c1OCC. The van der Waals surface area contributed by atoms with E-state index in [-0.39, 0.29) is 5.91 Å². The van der Waals surface area contributed by atoms with Gasteiger partial charge in [0.05, 0.1) is 26.0 Å². The Balaban J connectivity index is 2.18. The van der Waals surface area contributed by atoms with Gasteiger partial charge in [-0.05, 0) is 50.6 Å². The van der Waals surface area contributed by atoms with Crippen LogP contribution in [0.5, 0.6) is 17.2 Å². The molecule has 7 nitrogen and oxygen atoms in total. The van der Waals surface area contributed by atoms with Gasteiger partial charge >= 0.3 is 0 Å². The molecule has 0 saturated carbocycles. The second kappa shape index (κ2) is 10.9. The average Bonchev–Trinajstić information content (AvgIpc) is 2.70. The van der Waals surface area contributed by atoms with Crippen LogP contribution in [0, 0.1) is 0 Å². The number of carbonyl (C=O) groups excluding carboxylic acids is 1. The van der Waals surface area contributed by atoms with Gasteiger partial charge in [0.2, 0.25) is 5.75 Å². The quantitative estimate of drug-likeness (QED) is 0.487. The molecule has 0 spiro atoms. The van der Waals surface area contributed by atoms with Crippen molar-refractivity contribution in [3.05, 3.63) is 47.5 Å². The third-order valence-corrected chi connectivity index (χ3v) is 3.96. The fraction of sp³-hybridized carbons (Fsp3) is 0.364. The van der Waals surface area contributed by atoms with E-state index in [0.29, 0.717) is 42.6 Å². The number of nitrogens with one attached hydrogen (secondary N) is 1. The molecular weight excluding hydrogens is 370 g/mol. The van der Waals surface area contributed by atoms with Gasteiger partial charge < -0.3 is 19.1 Å². The highest BCUT2D eigenvalue weighted by molar-refractivity contribution is 5.96. The van der Waals surface area contributed by atoms with Crippen molar-refractivity contribution in [2.45, 2.75) is 20.8 Å². The smallest absolute Gasteiger partial charge is 0.271 e. The number of rotatable bonds is 10. The monoisotopic (exact) mass is 399 g/mol. The maximum Gasteiger partial charge on any atom is 0.271 e. The Morgan fingerprint density at radius 3 is 2.00 bits per heavy atom. The van der Waals surface area contributed by atoms with Crippen LogP contribution < -0.4 is 24.5 Å². The number of hydrogen-bond donors (Lipinski definition) is 1. The van der Waals surface area contributed by atoms with Crippen LogP contribution in [0.25, 0.3) is 0 Å². The predicted molar refractivity (Wildman–Crippen MR) is 116 cm³/mol. The summed E-state index contributed by atoms with van der Waals surface area (Å²) in [7, 11) is 3.96. The van der Waals surface area contributed by atoms with E-state index in [1.807, 2.05) is 64.0 Å². The van der Waals surface area contributed by atoms with Crippen LogP contribution in [0.2, 0.25) is 0 Å². The standard InChI is InChI=1S/C22H29N3O4/c1-6-27-19-13-17(14-20(28-7-2)21(19)29-8-3)22(26)24-23-15-16-9-11-18(12-10-16)25(4)5/h9-15H,6-8H2,1-5H3,(H,24,26)/b23-15-. The molecule has 0 aliphatic carbocycles. The lowest BCUT2D eigenvalue weighted by molar-refractivity contribution is 0.0954. The summed E-state index contributed by atoms with van der Waals surface area (Å²) in [5.74, 6) is 1.07. The lowest BCUT2D eigenvalue weighted by Gasteiger charge is -2.16. The molecule has 0 fully saturated rings. The summed E-state index contributed by atoms with van der Waals surface area (Å²) in [6.07, 6.45) is 1.60. The third-order valence-electron chi connectivity index (χ3n) is 3.96. The van der Waals surface area contributed by atoms with Gasteiger partial charge in [0.25, 0.3) is 5.91 Å². The van der Waals surface area contributed by atoms with Crippen LogP contribution in [0.4, 0.5) is 5.69 Å². The number of carbonyl (C=O) groups is 1. The molecule has 0 saturated heterocycles. The van der Waals surface area contributed by atoms with Crippen molar-refractivity contribution in [3.8, 4) is 17.2 Å². The Kier molecular flexibility index (Phi) is 8.33. The number of hydrazone groups is 1. The van der Waals surface area contributed by atoms with Crippen LogP contribution in [-0.2, 0) is 0 Å². The molecule has 0 aromatic heterocycles. The van der Waals surface area contributed by atoms with Crippen molar-refractivity contribution < 1.29 is 19.0 Å². The Morgan fingerprint density at radius 2 is 1.52 bits per heavy atom. The second-order valence-electron chi connectivity index (χ2n) is 6.29.